The van der Waals surface area contributed by atoms with Crippen LogP contribution in [0.5, 0.6) is 5.75 Å². The fourth-order valence-corrected chi connectivity index (χ4v) is 3.41. The Hall–Kier alpha value is -3.06. The molecule has 2 aromatic rings. The lowest BCUT2D eigenvalue weighted by molar-refractivity contribution is -0.135. The Morgan fingerprint density at radius 3 is 2.38 bits per heavy atom. The second kappa shape index (κ2) is 8.96. The highest BCUT2D eigenvalue weighted by Gasteiger charge is 2.23. The topological polar surface area (TPSA) is 72.9 Å². The minimum Gasteiger partial charge on any atom is -0.506 e. The third-order valence-corrected chi connectivity index (χ3v) is 5.10. The number of phenols is 1. The Bertz CT molecular complexity index is 926. The molecule has 0 saturated carbocycles. The first-order chi connectivity index (χ1) is 13.9. The van der Waals surface area contributed by atoms with Gasteiger partial charge in [0.25, 0.3) is 0 Å². The van der Waals surface area contributed by atoms with E-state index < -0.39 is 0 Å². The van der Waals surface area contributed by atoms with Gasteiger partial charge in [-0.2, -0.15) is 0 Å². The van der Waals surface area contributed by atoms with Crippen LogP contribution in [0, 0.1) is 5.82 Å². The Morgan fingerprint density at radius 2 is 1.76 bits per heavy atom. The van der Waals surface area contributed by atoms with Gasteiger partial charge in [-0.25, -0.2) is 4.39 Å². The number of halogens is 2. The van der Waals surface area contributed by atoms with E-state index in [1.807, 2.05) is 0 Å². The molecule has 8 heteroatoms. The minimum absolute atomic E-state index is 0.0204. The van der Waals surface area contributed by atoms with Crippen LogP contribution in [-0.2, 0) is 9.59 Å². The fraction of sp³-hybridized carbons (Fsp3) is 0.238. The summed E-state index contributed by atoms with van der Waals surface area (Å²) in [7, 11) is 0. The van der Waals surface area contributed by atoms with Crippen LogP contribution in [0.4, 0.5) is 10.1 Å². The highest BCUT2D eigenvalue weighted by atomic mass is 35.5. The lowest BCUT2D eigenvalue weighted by atomic mass is 10.0. The number of rotatable bonds is 5. The molecule has 0 bridgehead atoms. The van der Waals surface area contributed by atoms with Gasteiger partial charge in [-0.1, -0.05) is 30.3 Å². The van der Waals surface area contributed by atoms with E-state index in [1.165, 1.54) is 24.3 Å². The molecule has 3 rings (SSSR count). The van der Waals surface area contributed by atoms with Crippen molar-refractivity contribution in [2.24, 2.45) is 0 Å². The number of nitrogens with zero attached hydrogens (tertiary/aromatic N) is 2. The lowest BCUT2D eigenvalue weighted by Gasteiger charge is -2.34. The smallest absolute Gasteiger partial charge is 0.246 e. The van der Waals surface area contributed by atoms with Gasteiger partial charge >= 0.3 is 0 Å². The van der Waals surface area contributed by atoms with Crippen LogP contribution in [0.25, 0.3) is 11.1 Å². The molecule has 2 N–H and O–H groups in total. The van der Waals surface area contributed by atoms with E-state index in [4.69, 9.17) is 11.6 Å². The normalized spacial score (nSPS) is 13.9. The van der Waals surface area contributed by atoms with Gasteiger partial charge in [-0.3, -0.25) is 9.59 Å². The summed E-state index contributed by atoms with van der Waals surface area (Å²) in [5, 5.41) is 13.4. The van der Waals surface area contributed by atoms with Crippen LogP contribution in [0.3, 0.4) is 0 Å². The van der Waals surface area contributed by atoms with Crippen LogP contribution in [0.2, 0.25) is 5.02 Å². The summed E-state index contributed by atoms with van der Waals surface area (Å²) in [5.74, 6) is -0.736. The maximum atomic E-state index is 13.2. The van der Waals surface area contributed by atoms with Crippen molar-refractivity contribution in [1.29, 1.82) is 0 Å². The summed E-state index contributed by atoms with van der Waals surface area (Å²) in [6, 6.07) is 8.84. The van der Waals surface area contributed by atoms with E-state index >= 15 is 0 Å². The Morgan fingerprint density at radius 1 is 1.14 bits per heavy atom. The fourth-order valence-electron chi connectivity index (χ4n) is 3.14. The van der Waals surface area contributed by atoms with Gasteiger partial charge in [0, 0.05) is 37.8 Å². The summed E-state index contributed by atoms with van der Waals surface area (Å²) in [6.45, 7) is 5.23. The summed E-state index contributed by atoms with van der Waals surface area (Å²) >= 11 is 6.22. The SMILES string of the molecule is C=CC(=O)N1CCN(C(=O)CNc2cc(-c3ccc(F)cc3)c(Cl)cc2O)CC1. The van der Waals surface area contributed by atoms with Gasteiger partial charge in [0.05, 0.1) is 17.3 Å². The average Bonchev–Trinajstić information content (AvgIpc) is 2.73. The van der Waals surface area contributed by atoms with Crippen molar-refractivity contribution in [3.8, 4) is 16.9 Å². The minimum atomic E-state index is -0.359. The van der Waals surface area contributed by atoms with Crippen molar-refractivity contribution in [1.82, 2.24) is 9.80 Å². The van der Waals surface area contributed by atoms with Crippen LogP contribution >= 0.6 is 11.6 Å². The van der Waals surface area contributed by atoms with E-state index in [1.54, 1.807) is 28.0 Å². The van der Waals surface area contributed by atoms with Crippen molar-refractivity contribution >= 4 is 29.1 Å². The van der Waals surface area contributed by atoms with Gasteiger partial charge < -0.3 is 20.2 Å². The van der Waals surface area contributed by atoms with Crippen molar-refractivity contribution in [3.63, 3.8) is 0 Å². The predicted octanol–water partition coefficient (Wildman–Crippen LogP) is 3.12. The second-order valence-corrected chi connectivity index (χ2v) is 7.03. The van der Waals surface area contributed by atoms with Crippen LogP contribution in [-0.4, -0.2) is 59.4 Å². The van der Waals surface area contributed by atoms with Crippen LogP contribution in [0.15, 0.2) is 49.1 Å². The molecule has 0 aliphatic carbocycles. The first kappa shape index (κ1) is 20.7. The van der Waals surface area contributed by atoms with E-state index in [9.17, 15) is 19.1 Å². The molecule has 1 saturated heterocycles. The standard InChI is InChI=1S/C21H21ClFN3O3/c1-2-20(28)25-7-9-26(10-8-25)21(29)13-24-18-11-16(17(22)12-19(18)27)14-3-5-15(23)6-4-14/h2-6,11-12,24,27H,1,7-10,13H2. The van der Waals surface area contributed by atoms with Crippen LogP contribution in [0.1, 0.15) is 0 Å². The number of benzene rings is 2. The number of hydrogen-bond acceptors (Lipinski definition) is 4. The highest BCUT2D eigenvalue weighted by molar-refractivity contribution is 6.33. The number of amides is 2. The molecule has 2 aromatic carbocycles. The highest BCUT2D eigenvalue weighted by Crippen LogP contribution is 2.36. The molecule has 1 heterocycles. The predicted molar refractivity (Wildman–Crippen MR) is 110 cm³/mol. The second-order valence-electron chi connectivity index (χ2n) is 6.62. The Labute approximate surface area is 173 Å². The lowest BCUT2D eigenvalue weighted by Crippen LogP contribution is -2.51. The molecule has 6 nitrogen and oxygen atoms in total. The molecule has 0 unspecified atom stereocenters. The van der Waals surface area contributed by atoms with Crippen molar-refractivity contribution in [3.05, 3.63) is 59.9 Å². The van der Waals surface area contributed by atoms with Gasteiger partial charge in [-0.05, 0) is 29.8 Å². The molecule has 1 aliphatic rings. The van der Waals surface area contributed by atoms with Crippen molar-refractivity contribution in [2.75, 3.05) is 38.0 Å². The number of carbonyl (C=O) groups excluding carboxylic acids is 2. The van der Waals surface area contributed by atoms with Gasteiger partial charge in [0.2, 0.25) is 11.8 Å². The van der Waals surface area contributed by atoms with Gasteiger partial charge in [-0.15, -0.1) is 0 Å². The van der Waals surface area contributed by atoms with Gasteiger partial charge in [0.15, 0.2) is 0 Å². The van der Waals surface area contributed by atoms with E-state index in [0.717, 1.165) is 0 Å². The molecule has 0 spiro atoms. The summed E-state index contributed by atoms with van der Waals surface area (Å²) in [6.07, 6.45) is 1.26. The molecule has 1 aliphatic heterocycles. The van der Waals surface area contributed by atoms with Crippen LogP contribution < -0.4 is 5.32 Å². The molecule has 1 fully saturated rings. The number of carbonyl (C=O) groups is 2. The molecule has 29 heavy (non-hydrogen) atoms. The van der Waals surface area contributed by atoms with Crippen molar-refractivity contribution < 1.29 is 19.1 Å². The summed E-state index contributed by atoms with van der Waals surface area (Å²) in [4.78, 5) is 27.4. The van der Waals surface area contributed by atoms with E-state index in [-0.39, 0.29) is 29.9 Å². The molecule has 2 amide bonds. The zero-order valence-electron chi connectivity index (χ0n) is 15.7. The first-order valence-electron chi connectivity index (χ1n) is 9.10. The maximum absolute atomic E-state index is 13.2. The maximum Gasteiger partial charge on any atom is 0.246 e. The molecular weight excluding hydrogens is 397 g/mol. The van der Waals surface area contributed by atoms with E-state index in [2.05, 4.69) is 11.9 Å². The summed E-state index contributed by atoms with van der Waals surface area (Å²) < 4.78 is 13.2. The van der Waals surface area contributed by atoms with E-state index in [0.29, 0.717) is 48.0 Å². The Kier molecular flexibility index (Phi) is 6.39. The zero-order valence-corrected chi connectivity index (χ0v) is 16.5. The number of nitrogens with one attached hydrogen (secondary N) is 1. The number of aromatic hydroxyl groups is 1. The monoisotopic (exact) mass is 417 g/mol. The molecule has 0 aromatic heterocycles. The number of phenolic OH excluding ortho intramolecular Hbond substituents is 1. The molecule has 0 radical (unpaired) electrons. The number of piperazine rings is 1. The zero-order chi connectivity index (χ0) is 21.0. The largest absolute Gasteiger partial charge is 0.506 e. The third-order valence-electron chi connectivity index (χ3n) is 4.79. The number of hydrogen-bond donors (Lipinski definition) is 2. The van der Waals surface area contributed by atoms with Gasteiger partial charge in [0.1, 0.15) is 11.6 Å². The third kappa shape index (κ3) is 4.86. The molecule has 152 valence electrons. The number of anilines is 1. The first-order valence-corrected chi connectivity index (χ1v) is 9.48. The quantitative estimate of drug-likeness (QED) is 0.579. The average molecular weight is 418 g/mol. The van der Waals surface area contributed by atoms with Crippen molar-refractivity contribution in [2.45, 2.75) is 0 Å². The molecule has 0 atom stereocenters. The molecular formula is C21H21ClFN3O3. The Balaban J connectivity index is 1.65. The summed E-state index contributed by atoms with van der Waals surface area (Å²) in [5.41, 5.74) is 1.65.